The van der Waals surface area contributed by atoms with E-state index in [4.69, 9.17) is 5.73 Å². The first kappa shape index (κ1) is 13.0. The topological polar surface area (TPSA) is 26.0 Å². The fraction of sp³-hybridized carbons (Fsp3) is 0.600. The molecule has 0 radical (unpaired) electrons. The van der Waals surface area contributed by atoms with Crippen LogP contribution in [0.1, 0.15) is 42.7 Å². The summed E-state index contributed by atoms with van der Waals surface area (Å²) in [5, 5.41) is 0. The molecule has 1 fully saturated rings. The summed E-state index contributed by atoms with van der Waals surface area (Å²) >= 11 is 1.95. The van der Waals surface area contributed by atoms with Gasteiger partial charge >= 0.3 is 0 Å². The number of hydrogen-bond donors (Lipinski definition) is 1. The van der Waals surface area contributed by atoms with E-state index in [9.17, 15) is 0 Å². The van der Waals surface area contributed by atoms with Crippen molar-refractivity contribution in [2.24, 2.45) is 5.73 Å². The number of aryl methyl sites for hydroxylation is 1. The third-order valence-electron chi connectivity index (χ3n) is 3.60. The van der Waals surface area contributed by atoms with Crippen molar-refractivity contribution in [3.8, 4) is 0 Å². The zero-order valence-corrected chi connectivity index (χ0v) is 11.3. The monoisotopic (exact) mass is 249 g/mol. The molecule has 17 heavy (non-hydrogen) atoms. The molecule has 1 aromatic rings. The maximum absolute atomic E-state index is 5.48. The second-order valence-electron chi connectivity index (χ2n) is 4.87. The minimum absolute atomic E-state index is 0.797. The Labute approximate surface area is 109 Å². The Bertz CT molecular complexity index is 314. The van der Waals surface area contributed by atoms with Crippen molar-refractivity contribution < 1.29 is 0 Å². The smallest absolute Gasteiger partial charge is 0.00559 e. The van der Waals surface area contributed by atoms with Gasteiger partial charge in [0.2, 0.25) is 0 Å². The van der Waals surface area contributed by atoms with Crippen LogP contribution in [-0.4, -0.2) is 18.1 Å². The first-order chi connectivity index (χ1) is 8.40. The van der Waals surface area contributed by atoms with E-state index in [0.717, 1.165) is 18.2 Å². The van der Waals surface area contributed by atoms with Gasteiger partial charge in [0.1, 0.15) is 0 Å². The molecule has 1 aliphatic carbocycles. The number of benzene rings is 1. The number of thioether (sulfide) groups is 1. The van der Waals surface area contributed by atoms with Gasteiger partial charge in [0.25, 0.3) is 0 Å². The first-order valence-corrected chi connectivity index (χ1v) is 7.92. The molecule has 0 amide bonds. The van der Waals surface area contributed by atoms with Crippen molar-refractivity contribution >= 4 is 11.8 Å². The van der Waals surface area contributed by atoms with Crippen LogP contribution in [0.3, 0.4) is 0 Å². The fourth-order valence-corrected chi connectivity index (χ4v) is 3.34. The van der Waals surface area contributed by atoms with E-state index in [1.165, 1.54) is 43.4 Å². The highest BCUT2D eigenvalue weighted by atomic mass is 32.2. The van der Waals surface area contributed by atoms with Gasteiger partial charge in [0, 0.05) is 12.3 Å². The molecule has 2 heteroatoms. The number of rotatable bonds is 6. The van der Waals surface area contributed by atoms with Gasteiger partial charge in [-0.05, 0) is 42.1 Å². The van der Waals surface area contributed by atoms with E-state index < -0.39 is 0 Å². The van der Waals surface area contributed by atoms with Gasteiger partial charge in [-0.15, -0.1) is 0 Å². The Hall–Kier alpha value is -0.470. The van der Waals surface area contributed by atoms with Crippen molar-refractivity contribution in [2.45, 2.75) is 38.0 Å². The van der Waals surface area contributed by atoms with E-state index >= 15 is 0 Å². The summed E-state index contributed by atoms with van der Waals surface area (Å²) in [4.78, 5) is 0. The van der Waals surface area contributed by atoms with Crippen LogP contribution in [0.25, 0.3) is 0 Å². The van der Waals surface area contributed by atoms with Crippen molar-refractivity contribution in [3.63, 3.8) is 0 Å². The molecule has 0 unspecified atom stereocenters. The molecular weight excluding hydrogens is 226 g/mol. The normalized spacial score (nSPS) is 16.5. The maximum Gasteiger partial charge on any atom is 0.00559 e. The standard InChI is InChI=1S/C15H23NS/c16-10-12-17-11-9-13-5-7-15(8-6-13)14-3-1-2-4-14/h5-8,14H,1-4,9-12,16H2. The van der Waals surface area contributed by atoms with Gasteiger partial charge in [0.15, 0.2) is 0 Å². The van der Waals surface area contributed by atoms with Crippen LogP contribution in [0.5, 0.6) is 0 Å². The second-order valence-corrected chi connectivity index (χ2v) is 6.10. The van der Waals surface area contributed by atoms with Gasteiger partial charge in [-0.25, -0.2) is 0 Å². The largest absolute Gasteiger partial charge is 0.330 e. The van der Waals surface area contributed by atoms with Gasteiger partial charge in [-0.3, -0.25) is 0 Å². The number of nitrogens with two attached hydrogens (primary N) is 1. The fourth-order valence-electron chi connectivity index (χ4n) is 2.59. The van der Waals surface area contributed by atoms with Gasteiger partial charge < -0.3 is 5.73 Å². The van der Waals surface area contributed by atoms with Crippen LogP contribution in [0.4, 0.5) is 0 Å². The predicted octanol–water partition coefficient (Wildman–Crippen LogP) is 3.58. The van der Waals surface area contributed by atoms with E-state index in [1.54, 1.807) is 5.56 Å². The van der Waals surface area contributed by atoms with Crippen LogP contribution in [-0.2, 0) is 6.42 Å². The van der Waals surface area contributed by atoms with Crippen molar-refractivity contribution in [1.82, 2.24) is 0 Å². The molecule has 0 heterocycles. The summed E-state index contributed by atoms with van der Waals surface area (Å²) in [5.74, 6) is 3.12. The molecular formula is C15H23NS. The molecule has 0 atom stereocenters. The molecule has 0 saturated heterocycles. The predicted molar refractivity (Wildman–Crippen MR) is 77.7 cm³/mol. The summed E-state index contributed by atoms with van der Waals surface area (Å²) in [6.45, 7) is 0.797. The average molecular weight is 249 g/mol. The Morgan fingerprint density at radius 1 is 1.06 bits per heavy atom. The first-order valence-electron chi connectivity index (χ1n) is 6.77. The average Bonchev–Trinajstić information content (AvgIpc) is 2.89. The summed E-state index contributed by atoms with van der Waals surface area (Å²) in [6.07, 6.45) is 6.80. The minimum Gasteiger partial charge on any atom is -0.330 e. The Kier molecular flexibility index (Phi) is 5.40. The molecule has 1 saturated carbocycles. The van der Waals surface area contributed by atoms with Crippen LogP contribution in [0.15, 0.2) is 24.3 Å². The molecule has 0 aliphatic heterocycles. The quantitative estimate of drug-likeness (QED) is 0.780. The van der Waals surface area contributed by atoms with Crippen LogP contribution < -0.4 is 5.73 Å². The van der Waals surface area contributed by atoms with Crippen LogP contribution in [0, 0.1) is 0 Å². The molecule has 0 aromatic heterocycles. The van der Waals surface area contributed by atoms with Gasteiger partial charge in [-0.1, -0.05) is 37.1 Å². The summed E-state index contributed by atoms with van der Waals surface area (Å²) in [7, 11) is 0. The number of hydrogen-bond acceptors (Lipinski definition) is 2. The Balaban J connectivity index is 1.80. The van der Waals surface area contributed by atoms with Crippen molar-refractivity contribution in [2.75, 3.05) is 18.1 Å². The van der Waals surface area contributed by atoms with Crippen LogP contribution in [0.2, 0.25) is 0 Å². The molecule has 0 bridgehead atoms. The van der Waals surface area contributed by atoms with Crippen molar-refractivity contribution in [1.29, 1.82) is 0 Å². The molecule has 2 N–H and O–H groups in total. The lowest BCUT2D eigenvalue weighted by molar-refractivity contribution is 0.723. The molecule has 0 spiro atoms. The Morgan fingerprint density at radius 3 is 2.41 bits per heavy atom. The lowest BCUT2D eigenvalue weighted by atomic mass is 9.96. The minimum atomic E-state index is 0.797. The lowest BCUT2D eigenvalue weighted by Crippen LogP contribution is -2.02. The van der Waals surface area contributed by atoms with E-state index in [0.29, 0.717) is 0 Å². The zero-order valence-electron chi connectivity index (χ0n) is 10.5. The molecule has 1 aliphatic rings. The highest BCUT2D eigenvalue weighted by Gasteiger charge is 2.16. The maximum atomic E-state index is 5.48. The highest BCUT2D eigenvalue weighted by Crippen LogP contribution is 2.33. The molecule has 1 nitrogen and oxygen atoms in total. The lowest BCUT2D eigenvalue weighted by Gasteiger charge is -2.10. The van der Waals surface area contributed by atoms with Gasteiger partial charge in [-0.2, -0.15) is 11.8 Å². The summed E-state index contributed by atoms with van der Waals surface area (Å²) < 4.78 is 0. The second kappa shape index (κ2) is 7.07. The molecule has 2 rings (SSSR count). The molecule has 1 aromatic carbocycles. The third kappa shape index (κ3) is 4.04. The van der Waals surface area contributed by atoms with E-state index in [1.807, 2.05) is 11.8 Å². The summed E-state index contributed by atoms with van der Waals surface area (Å²) in [6, 6.07) is 9.32. The zero-order chi connectivity index (χ0) is 11.9. The van der Waals surface area contributed by atoms with E-state index in [-0.39, 0.29) is 0 Å². The highest BCUT2D eigenvalue weighted by molar-refractivity contribution is 7.99. The SMILES string of the molecule is NCCSCCc1ccc(C2CCCC2)cc1. The summed E-state index contributed by atoms with van der Waals surface area (Å²) in [5.41, 5.74) is 8.50. The van der Waals surface area contributed by atoms with Crippen molar-refractivity contribution in [3.05, 3.63) is 35.4 Å². The van der Waals surface area contributed by atoms with Crippen LogP contribution >= 0.6 is 11.8 Å². The Morgan fingerprint density at radius 2 is 1.76 bits per heavy atom. The molecule has 94 valence electrons. The van der Waals surface area contributed by atoms with Gasteiger partial charge in [0.05, 0.1) is 0 Å². The van der Waals surface area contributed by atoms with E-state index in [2.05, 4.69) is 24.3 Å². The third-order valence-corrected chi connectivity index (χ3v) is 4.62.